The van der Waals surface area contributed by atoms with Crippen molar-refractivity contribution in [2.24, 2.45) is 0 Å². The van der Waals surface area contributed by atoms with Crippen molar-refractivity contribution in [1.82, 2.24) is 14.9 Å². The van der Waals surface area contributed by atoms with Crippen LogP contribution >= 0.6 is 0 Å². The lowest BCUT2D eigenvalue weighted by Crippen LogP contribution is -2.24. The van der Waals surface area contributed by atoms with E-state index in [2.05, 4.69) is 21.8 Å². The zero-order valence-corrected chi connectivity index (χ0v) is 8.87. The van der Waals surface area contributed by atoms with Gasteiger partial charge in [0.25, 0.3) is 0 Å². The van der Waals surface area contributed by atoms with Gasteiger partial charge in [-0.15, -0.1) is 0 Å². The van der Waals surface area contributed by atoms with Crippen molar-refractivity contribution in [3.63, 3.8) is 0 Å². The van der Waals surface area contributed by atoms with E-state index in [1.54, 1.807) is 0 Å². The fraction of sp³-hybridized carbons (Fsp3) is 0.727. The van der Waals surface area contributed by atoms with Crippen molar-refractivity contribution in [3.8, 4) is 0 Å². The van der Waals surface area contributed by atoms with E-state index in [4.69, 9.17) is 0 Å². The first-order chi connectivity index (χ1) is 6.90. The van der Waals surface area contributed by atoms with Gasteiger partial charge in [0.05, 0.1) is 6.33 Å². The molecule has 1 unspecified atom stereocenters. The Kier molecular flexibility index (Phi) is 3.19. The molecule has 1 aromatic rings. The van der Waals surface area contributed by atoms with Crippen LogP contribution in [0.3, 0.4) is 0 Å². The van der Waals surface area contributed by atoms with Crippen LogP contribution in [0, 0.1) is 0 Å². The maximum absolute atomic E-state index is 4.22. The third kappa shape index (κ3) is 2.15. The SMILES string of the molecule is CCCn1cncc1CC1CCCN1. The van der Waals surface area contributed by atoms with E-state index in [1.165, 1.54) is 31.5 Å². The number of rotatable bonds is 4. The van der Waals surface area contributed by atoms with Gasteiger partial charge in [-0.3, -0.25) is 0 Å². The van der Waals surface area contributed by atoms with Crippen molar-refractivity contribution in [3.05, 3.63) is 18.2 Å². The quantitative estimate of drug-likeness (QED) is 0.787. The zero-order valence-electron chi connectivity index (χ0n) is 8.87. The number of nitrogens with zero attached hydrogens (tertiary/aromatic N) is 2. The number of imidazole rings is 1. The summed E-state index contributed by atoms with van der Waals surface area (Å²) in [6.07, 6.45) is 8.93. The number of hydrogen-bond acceptors (Lipinski definition) is 2. The second-order valence-corrected chi connectivity index (χ2v) is 4.08. The van der Waals surface area contributed by atoms with Gasteiger partial charge in [0.15, 0.2) is 0 Å². The molecule has 1 aromatic heterocycles. The molecule has 0 aliphatic carbocycles. The largest absolute Gasteiger partial charge is 0.335 e. The van der Waals surface area contributed by atoms with Gasteiger partial charge >= 0.3 is 0 Å². The Labute approximate surface area is 85.5 Å². The molecule has 0 saturated carbocycles. The van der Waals surface area contributed by atoms with Gasteiger partial charge in [0, 0.05) is 30.9 Å². The van der Waals surface area contributed by atoms with E-state index in [0.717, 1.165) is 13.0 Å². The molecule has 0 radical (unpaired) electrons. The van der Waals surface area contributed by atoms with E-state index >= 15 is 0 Å². The molecule has 1 saturated heterocycles. The molecular formula is C11H19N3. The molecule has 0 bridgehead atoms. The first-order valence-electron chi connectivity index (χ1n) is 5.62. The zero-order chi connectivity index (χ0) is 9.80. The summed E-state index contributed by atoms with van der Waals surface area (Å²) in [6.45, 7) is 4.49. The van der Waals surface area contributed by atoms with Crippen molar-refractivity contribution in [1.29, 1.82) is 0 Å². The van der Waals surface area contributed by atoms with Crippen molar-refractivity contribution in [2.45, 2.75) is 45.2 Å². The average Bonchev–Trinajstić information content (AvgIpc) is 2.80. The van der Waals surface area contributed by atoms with Gasteiger partial charge < -0.3 is 9.88 Å². The average molecular weight is 193 g/mol. The molecule has 0 spiro atoms. The van der Waals surface area contributed by atoms with Crippen LogP contribution in [-0.2, 0) is 13.0 Å². The Morgan fingerprint density at radius 1 is 1.64 bits per heavy atom. The van der Waals surface area contributed by atoms with Crippen LogP contribution in [0.5, 0.6) is 0 Å². The smallest absolute Gasteiger partial charge is 0.0948 e. The maximum Gasteiger partial charge on any atom is 0.0948 e. The maximum atomic E-state index is 4.22. The molecule has 14 heavy (non-hydrogen) atoms. The lowest BCUT2D eigenvalue weighted by atomic mass is 10.1. The molecule has 3 heteroatoms. The Hall–Kier alpha value is -0.830. The molecule has 1 aliphatic rings. The van der Waals surface area contributed by atoms with Crippen LogP contribution in [-0.4, -0.2) is 22.1 Å². The second-order valence-electron chi connectivity index (χ2n) is 4.08. The van der Waals surface area contributed by atoms with E-state index < -0.39 is 0 Å². The van der Waals surface area contributed by atoms with E-state index in [1.807, 2.05) is 12.5 Å². The summed E-state index contributed by atoms with van der Waals surface area (Å²) in [4.78, 5) is 4.22. The lowest BCUT2D eigenvalue weighted by Gasteiger charge is -2.11. The summed E-state index contributed by atoms with van der Waals surface area (Å²) < 4.78 is 2.28. The van der Waals surface area contributed by atoms with E-state index in [0.29, 0.717) is 6.04 Å². The topological polar surface area (TPSA) is 29.9 Å². The second kappa shape index (κ2) is 4.60. The molecule has 3 nitrogen and oxygen atoms in total. The summed E-state index contributed by atoms with van der Waals surface area (Å²) in [7, 11) is 0. The van der Waals surface area contributed by atoms with Crippen molar-refractivity contribution < 1.29 is 0 Å². The minimum atomic E-state index is 0.683. The minimum absolute atomic E-state index is 0.683. The molecular weight excluding hydrogens is 174 g/mol. The molecule has 1 fully saturated rings. The number of aromatic nitrogens is 2. The van der Waals surface area contributed by atoms with E-state index in [-0.39, 0.29) is 0 Å². The standard InChI is InChI=1S/C11H19N3/c1-2-6-14-9-12-8-11(14)7-10-4-3-5-13-10/h8-10,13H,2-7H2,1H3. The van der Waals surface area contributed by atoms with Gasteiger partial charge in [0.1, 0.15) is 0 Å². The van der Waals surface area contributed by atoms with Gasteiger partial charge in [-0.05, 0) is 25.8 Å². The summed E-state index contributed by atoms with van der Waals surface area (Å²) >= 11 is 0. The third-order valence-corrected chi connectivity index (χ3v) is 2.88. The van der Waals surface area contributed by atoms with Crippen molar-refractivity contribution >= 4 is 0 Å². The van der Waals surface area contributed by atoms with Crippen LogP contribution in [0.2, 0.25) is 0 Å². The van der Waals surface area contributed by atoms with Gasteiger partial charge in [0.2, 0.25) is 0 Å². The monoisotopic (exact) mass is 193 g/mol. The van der Waals surface area contributed by atoms with Crippen molar-refractivity contribution in [2.75, 3.05) is 6.54 Å². The fourth-order valence-corrected chi connectivity index (χ4v) is 2.14. The molecule has 0 amide bonds. The predicted octanol–water partition coefficient (Wildman–Crippen LogP) is 1.59. The fourth-order valence-electron chi connectivity index (χ4n) is 2.14. The summed E-state index contributed by atoms with van der Waals surface area (Å²) in [6, 6.07) is 0.683. The first kappa shape index (κ1) is 9.71. The Morgan fingerprint density at radius 3 is 3.29 bits per heavy atom. The van der Waals surface area contributed by atoms with Crippen LogP contribution in [0.15, 0.2) is 12.5 Å². The highest BCUT2D eigenvalue weighted by molar-refractivity contribution is 5.02. The first-order valence-corrected chi connectivity index (χ1v) is 5.62. The highest BCUT2D eigenvalue weighted by Gasteiger charge is 2.15. The normalized spacial score (nSPS) is 21.6. The molecule has 78 valence electrons. The molecule has 2 rings (SSSR count). The highest BCUT2D eigenvalue weighted by atomic mass is 15.0. The third-order valence-electron chi connectivity index (χ3n) is 2.88. The molecule has 0 aromatic carbocycles. The lowest BCUT2D eigenvalue weighted by molar-refractivity contribution is 0.561. The summed E-state index contributed by atoms with van der Waals surface area (Å²) in [5.74, 6) is 0. The number of aryl methyl sites for hydroxylation is 1. The molecule has 1 atom stereocenters. The Balaban J connectivity index is 1.96. The van der Waals surface area contributed by atoms with E-state index in [9.17, 15) is 0 Å². The van der Waals surface area contributed by atoms with Crippen LogP contribution in [0.1, 0.15) is 31.9 Å². The predicted molar refractivity (Wildman–Crippen MR) is 57.2 cm³/mol. The number of nitrogens with one attached hydrogen (secondary N) is 1. The summed E-state index contributed by atoms with van der Waals surface area (Å²) in [5.41, 5.74) is 1.38. The van der Waals surface area contributed by atoms with Crippen LogP contribution in [0.25, 0.3) is 0 Å². The Morgan fingerprint density at radius 2 is 2.57 bits per heavy atom. The van der Waals surface area contributed by atoms with Gasteiger partial charge in [-0.1, -0.05) is 6.92 Å². The molecule has 1 aliphatic heterocycles. The number of hydrogen-bond donors (Lipinski definition) is 1. The van der Waals surface area contributed by atoms with Gasteiger partial charge in [-0.25, -0.2) is 4.98 Å². The minimum Gasteiger partial charge on any atom is -0.335 e. The van der Waals surface area contributed by atoms with Crippen LogP contribution < -0.4 is 5.32 Å². The molecule has 1 N–H and O–H groups in total. The van der Waals surface area contributed by atoms with Crippen LogP contribution in [0.4, 0.5) is 0 Å². The summed E-state index contributed by atoms with van der Waals surface area (Å²) in [5, 5.41) is 3.52. The highest BCUT2D eigenvalue weighted by Crippen LogP contribution is 2.12. The molecule has 2 heterocycles. The Bertz CT molecular complexity index is 274. The van der Waals surface area contributed by atoms with Gasteiger partial charge in [-0.2, -0.15) is 0 Å².